The number of anilines is 2. The lowest BCUT2D eigenvalue weighted by Crippen LogP contribution is -2.54. The van der Waals surface area contributed by atoms with Gasteiger partial charge in [0.15, 0.2) is 0 Å². The summed E-state index contributed by atoms with van der Waals surface area (Å²) in [5.74, 6) is -0.0482. The highest BCUT2D eigenvalue weighted by molar-refractivity contribution is 5.80. The molecule has 220 valence electrons. The average molecular weight is 562 g/mol. The van der Waals surface area contributed by atoms with Crippen LogP contribution in [0.5, 0.6) is 0 Å². The van der Waals surface area contributed by atoms with E-state index in [0.29, 0.717) is 12.6 Å². The van der Waals surface area contributed by atoms with Gasteiger partial charge in [0.1, 0.15) is 5.82 Å². The molecule has 41 heavy (non-hydrogen) atoms. The zero-order chi connectivity index (χ0) is 28.2. The fraction of sp³-hybridized carbons (Fsp3) is 0.594. The van der Waals surface area contributed by atoms with E-state index in [0.717, 1.165) is 107 Å². The first-order valence-corrected chi connectivity index (χ1v) is 15.5. The molecule has 7 rings (SSSR count). The molecule has 9 heteroatoms. The summed E-state index contributed by atoms with van der Waals surface area (Å²) in [4.78, 5) is 34.8. The maximum atomic E-state index is 13.5. The number of carboxylic acids is 1. The Morgan fingerprint density at radius 3 is 2.88 bits per heavy atom. The van der Waals surface area contributed by atoms with Crippen molar-refractivity contribution in [1.29, 1.82) is 0 Å². The summed E-state index contributed by atoms with van der Waals surface area (Å²) in [6, 6.07) is 12.2. The molecule has 3 unspecified atom stereocenters. The Morgan fingerprint density at radius 1 is 1.15 bits per heavy atom. The minimum Gasteiger partial charge on any atom is -0.481 e. The first-order chi connectivity index (χ1) is 20.0. The Balaban J connectivity index is 1.04. The van der Waals surface area contributed by atoms with Crippen molar-refractivity contribution in [3.8, 4) is 0 Å². The molecule has 0 aliphatic carbocycles. The van der Waals surface area contributed by atoms with Gasteiger partial charge in [-0.25, -0.2) is 4.98 Å². The highest BCUT2D eigenvalue weighted by atomic mass is 16.5. The number of morpholine rings is 1. The van der Waals surface area contributed by atoms with E-state index >= 15 is 0 Å². The van der Waals surface area contributed by atoms with Crippen molar-refractivity contribution in [2.24, 2.45) is 5.92 Å². The Kier molecular flexibility index (Phi) is 8.72. The van der Waals surface area contributed by atoms with Crippen LogP contribution < -0.4 is 15.5 Å². The second-order valence-electron chi connectivity index (χ2n) is 12.2. The van der Waals surface area contributed by atoms with Crippen LogP contribution in [0.4, 0.5) is 11.5 Å². The molecule has 1 aromatic heterocycles. The van der Waals surface area contributed by atoms with Crippen LogP contribution >= 0.6 is 0 Å². The predicted octanol–water partition coefficient (Wildman–Crippen LogP) is 3.78. The summed E-state index contributed by atoms with van der Waals surface area (Å²) in [6.07, 6.45) is 8.32. The zero-order valence-corrected chi connectivity index (χ0v) is 23.9. The maximum Gasteiger partial charge on any atom is 0.305 e. The first kappa shape index (κ1) is 28.0. The number of benzene rings is 1. The molecule has 3 N–H and O–H groups in total. The number of carbonyl (C=O) groups excluding carboxylic acids is 1. The Bertz CT molecular complexity index is 1230. The van der Waals surface area contributed by atoms with Crippen LogP contribution in [-0.2, 0) is 27.2 Å². The number of fused-ring (bicyclic) bond motifs is 4. The smallest absolute Gasteiger partial charge is 0.305 e. The van der Waals surface area contributed by atoms with Crippen LogP contribution in [0.1, 0.15) is 67.8 Å². The number of pyridine rings is 1. The number of carbonyl (C=O) groups is 2. The average Bonchev–Trinajstić information content (AvgIpc) is 3.01. The predicted molar refractivity (Wildman–Crippen MR) is 158 cm³/mol. The molecule has 4 atom stereocenters. The van der Waals surface area contributed by atoms with Gasteiger partial charge < -0.3 is 30.3 Å². The number of amides is 1. The van der Waals surface area contributed by atoms with Gasteiger partial charge in [-0.1, -0.05) is 18.2 Å². The van der Waals surface area contributed by atoms with Crippen LogP contribution in [-0.4, -0.2) is 78.3 Å². The van der Waals surface area contributed by atoms with Gasteiger partial charge in [0, 0.05) is 31.0 Å². The molecule has 2 aromatic rings. The van der Waals surface area contributed by atoms with Crippen molar-refractivity contribution in [2.45, 2.75) is 76.0 Å². The van der Waals surface area contributed by atoms with Gasteiger partial charge >= 0.3 is 5.97 Å². The SMILES string of the molecule is O=C(O)CC(NC(=O)[C@@H]1CCCN(CCCc2ccc3c(n2)NCCC3)C1)c1cccc(N2CC3CCC2CO3)c1. The first-order valence-electron chi connectivity index (χ1n) is 15.5. The lowest BCUT2D eigenvalue weighted by Gasteiger charge is -2.46. The van der Waals surface area contributed by atoms with Gasteiger partial charge in [-0.05, 0) is 93.8 Å². The topological polar surface area (TPSA) is 107 Å². The van der Waals surface area contributed by atoms with Crippen LogP contribution in [0.2, 0.25) is 0 Å². The van der Waals surface area contributed by atoms with E-state index in [9.17, 15) is 14.7 Å². The van der Waals surface area contributed by atoms with E-state index in [-0.39, 0.29) is 24.3 Å². The third kappa shape index (κ3) is 6.84. The number of carboxylic acid groups (broad SMARTS) is 1. The lowest BCUT2D eigenvalue weighted by molar-refractivity contribution is -0.138. The summed E-state index contributed by atoms with van der Waals surface area (Å²) < 4.78 is 5.87. The van der Waals surface area contributed by atoms with E-state index in [1.54, 1.807) is 0 Å². The number of hydrogen-bond acceptors (Lipinski definition) is 7. The number of likely N-dealkylation sites (tertiary alicyclic amines) is 1. The van der Waals surface area contributed by atoms with Crippen molar-refractivity contribution in [3.63, 3.8) is 0 Å². The van der Waals surface area contributed by atoms with Gasteiger partial charge in [-0.3, -0.25) is 9.59 Å². The largest absolute Gasteiger partial charge is 0.481 e. The highest BCUT2D eigenvalue weighted by Crippen LogP contribution is 2.33. The van der Waals surface area contributed by atoms with E-state index in [2.05, 4.69) is 44.7 Å². The summed E-state index contributed by atoms with van der Waals surface area (Å²) >= 11 is 0. The Hall–Kier alpha value is -3.17. The lowest BCUT2D eigenvalue weighted by atomic mass is 9.94. The van der Waals surface area contributed by atoms with Crippen molar-refractivity contribution >= 4 is 23.4 Å². The monoisotopic (exact) mass is 561 g/mol. The van der Waals surface area contributed by atoms with Crippen LogP contribution in [0.3, 0.4) is 0 Å². The number of aliphatic carboxylic acids is 1. The normalized spacial score (nSPS) is 24.8. The van der Waals surface area contributed by atoms with Gasteiger partial charge in [0.25, 0.3) is 0 Å². The Morgan fingerprint density at radius 2 is 2.07 bits per heavy atom. The molecule has 4 fully saturated rings. The van der Waals surface area contributed by atoms with Gasteiger partial charge in [-0.2, -0.15) is 0 Å². The van der Waals surface area contributed by atoms with E-state index < -0.39 is 12.0 Å². The Labute approximate surface area is 242 Å². The van der Waals surface area contributed by atoms with Crippen molar-refractivity contribution < 1.29 is 19.4 Å². The third-order valence-corrected chi connectivity index (χ3v) is 9.22. The van der Waals surface area contributed by atoms with Crippen molar-refractivity contribution in [1.82, 2.24) is 15.2 Å². The number of aryl methyl sites for hydroxylation is 2. The molecule has 6 heterocycles. The quantitative estimate of drug-likeness (QED) is 0.402. The molecule has 9 nitrogen and oxygen atoms in total. The molecule has 4 saturated heterocycles. The summed E-state index contributed by atoms with van der Waals surface area (Å²) in [6.45, 7) is 5.23. The number of hydrogen-bond donors (Lipinski definition) is 3. The standard InChI is InChI=1S/C32H43N5O4/c38-30(39)18-29(23-5-1-9-26(17-23)37-20-28-13-12-27(37)21-41-28)35-32(40)24-7-3-15-36(19-24)16-4-8-25-11-10-22-6-2-14-33-31(22)34-25/h1,5,9-11,17,24,27-29H,2-4,6-8,12-16,18-21H2,(H,33,34)(H,35,40)(H,38,39)/t24-,27?,28?,29?/m1/s1. The molecular weight excluding hydrogens is 518 g/mol. The second kappa shape index (κ2) is 12.8. The van der Waals surface area contributed by atoms with Gasteiger partial charge in [-0.15, -0.1) is 0 Å². The van der Waals surface area contributed by atoms with Crippen molar-refractivity contribution in [3.05, 3.63) is 53.2 Å². The number of piperidine rings is 2. The van der Waals surface area contributed by atoms with E-state index in [4.69, 9.17) is 9.72 Å². The summed E-state index contributed by atoms with van der Waals surface area (Å²) in [7, 11) is 0. The number of rotatable bonds is 10. The molecule has 0 spiro atoms. The molecule has 2 bridgehead atoms. The molecule has 5 aliphatic rings. The zero-order valence-electron chi connectivity index (χ0n) is 23.9. The molecular formula is C32H43N5O4. The highest BCUT2D eigenvalue weighted by Gasteiger charge is 2.35. The fourth-order valence-electron chi connectivity index (χ4n) is 6.97. The number of nitrogens with zero attached hydrogens (tertiary/aromatic N) is 3. The third-order valence-electron chi connectivity index (χ3n) is 9.22. The number of ether oxygens (including phenoxy) is 1. The second-order valence-corrected chi connectivity index (χ2v) is 12.2. The minimum atomic E-state index is -0.914. The van der Waals surface area contributed by atoms with Crippen LogP contribution in [0.15, 0.2) is 36.4 Å². The molecule has 5 aliphatic heterocycles. The van der Waals surface area contributed by atoms with E-state index in [1.807, 2.05) is 12.1 Å². The molecule has 1 amide bonds. The summed E-state index contributed by atoms with van der Waals surface area (Å²) in [5, 5.41) is 16.2. The molecule has 0 saturated carbocycles. The minimum absolute atomic E-state index is 0.0424. The van der Waals surface area contributed by atoms with E-state index in [1.165, 1.54) is 5.56 Å². The summed E-state index contributed by atoms with van der Waals surface area (Å²) in [5.41, 5.74) is 4.36. The molecule has 1 aromatic carbocycles. The fourth-order valence-corrected chi connectivity index (χ4v) is 6.97. The maximum absolute atomic E-state index is 13.5. The number of nitrogens with one attached hydrogen (secondary N) is 2. The van der Waals surface area contributed by atoms with Gasteiger partial charge in [0.2, 0.25) is 5.91 Å². The number of aromatic nitrogens is 1. The van der Waals surface area contributed by atoms with Gasteiger partial charge in [0.05, 0.1) is 37.1 Å². The van der Waals surface area contributed by atoms with Crippen LogP contribution in [0.25, 0.3) is 0 Å². The van der Waals surface area contributed by atoms with Crippen LogP contribution in [0, 0.1) is 5.92 Å². The molecule has 0 radical (unpaired) electrons. The van der Waals surface area contributed by atoms with Crippen molar-refractivity contribution in [2.75, 3.05) is 49.5 Å².